The van der Waals surface area contributed by atoms with Gasteiger partial charge in [0.1, 0.15) is 0 Å². The third kappa shape index (κ3) is 3.52. The molecule has 1 aromatic heterocycles. The van der Waals surface area contributed by atoms with E-state index in [4.69, 9.17) is 4.42 Å². The maximum Gasteiger partial charge on any atom is 0.419 e. The third-order valence-electron chi connectivity index (χ3n) is 5.38. The molecule has 23 heavy (non-hydrogen) atoms. The van der Waals surface area contributed by atoms with E-state index in [0.717, 1.165) is 31.1 Å². The lowest BCUT2D eigenvalue weighted by molar-refractivity contribution is 0.145. The van der Waals surface area contributed by atoms with Crippen LogP contribution in [0.15, 0.2) is 33.5 Å². The van der Waals surface area contributed by atoms with Crippen molar-refractivity contribution in [1.29, 1.82) is 0 Å². The standard InChI is InChI=1S/C19H28N2O2/c1-4-14(2)15(3)20(16-10-11-16)12-7-13-21-17-8-5-6-9-18(17)23-19(21)22/h5-6,8-9,14-16H,4,7,10-13H2,1-3H3. The van der Waals surface area contributed by atoms with Crippen LogP contribution in [0, 0.1) is 5.92 Å². The number of rotatable bonds is 8. The van der Waals surface area contributed by atoms with Gasteiger partial charge in [0.05, 0.1) is 5.52 Å². The van der Waals surface area contributed by atoms with Gasteiger partial charge < -0.3 is 4.42 Å². The van der Waals surface area contributed by atoms with Gasteiger partial charge in [-0.05, 0) is 44.2 Å². The Kier molecular flexibility index (Phi) is 4.90. The summed E-state index contributed by atoms with van der Waals surface area (Å²) >= 11 is 0. The van der Waals surface area contributed by atoms with Gasteiger partial charge in [0, 0.05) is 25.2 Å². The van der Waals surface area contributed by atoms with Crippen LogP contribution in [-0.2, 0) is 6.54 Å². The van der Waals surface area contributed by atoms with Gasteiger partial charge >= 0.3 is 5.76 Å². The summed E-state index contributed by atoms with van der Waals surface area (Å²) in [6, 6.07) is 9.05. The van der Waals surface area contributed by atoms with Crippen LogP contribution < -0.4 is 5.76 Å². The molecule has 0 radical (unpaired) electrons. The molecule has 126 valence electrons. The molecular formula is C19H28N2O2. The van der Waals surface area contributed by atoms with Crippen molar-refractivity contribution in [3.63, 3.8) is 0 Å². The molecule has 4 heteroatoms. The van der Waals surface area contributed by atoms with Gasteiger partial charge in [-0.1, -0.05) is 32.4 Å². The highest BCUT2D eigenvalue weighted by atomic mass is 16.4. The highest BCUT2D eigenvalue weighted by Crippen LogP contribution is 2.31. The topological polar surface area (TPSA) is 38.4 Å². The molecule has 1 saturated carbocycles. The Bertz CT molecular complexity index is 699. The number of aryl methyl sites for hydroxylation is 1. The zero-order chi connectivity index (χ0) is 16.4. The lowest BCUT2D eigenvalue weighted by Crippen LogP contribution is -2.40. The first kappa shape index (κ1) is 16.3. The number of hydrogen-bond acceptors (Lipinski definition) is 3. The van der Waals surface area contributed by atoms with Crippen molar-refractivity contribution in [3.8, 4) is 0 Å². The van der Waals surface area contributed by atoms with Crippen molar-refractivity contribution >= 4 is 11.1 Å². The number of para-hydroxylation sites is 2. The van der Waals surface area contributed by atoms with Crippen LogP contribution >= 0.6 is 0 Å². The minimum absolute atomic E-state index is 0.237. The van der Waals surface area contributed by atoms with E-state index in [-0.39, 0.29) is 5.76 Å². The average Bonchev–Trinajstić information content (AvgIpc) is 3.34. The van der Waals surface area contributed by atoms with Gasteiger partial charge in [-0.2, -0.15) is 0 Å². The number of hydrogen-bond donors (Lipinski definition) is 0. The van der Waals surface area contributed by atoms with Gasteiger partial charge in [-0.3, -0.25) is 9.47 Å². The van der Waals surface area contributed by atoms with E-state index in [1.165, 1.54) is 19.3 Å². The lowest BCUT2D eigenvalue weighted by atomic mass is 9.99. The lowest BCUT2D eigenvalue weighted by Gasteiger charge is -2.33. The summed E-state index contributed by atoms with van der Waals surface area (Å²) in [4.78, 5) is 14.7. The van der Waals surface area contributed by atoms with E-state index in [2.05, 4.69) is 25.7 Å². The fraction of sp³-hybridized carbons (Fsp3) is 0.632. The summed E-state index contributed by atoms with van der Waals surface area (Å²) in [6.07, 6.45) is 4.86. The molecule has 1 fully saturated rings. The molecule has 0 spiro atoms. The Balaban J connectivity index is 1.65. The predicted molar refractivity (Wildman–Crippen MR) is 93.7 cm³/mol. The molecule has 1 aromatic carbocycles. The van der Waals surface area contributed by atoms with E-state index in [1.807, 2.05) is 24.3 Å². The number of aromatic nitrogens is 1. The molecular weight excluding hydrogens is 288 g/mol. The molecule has 1 heterocycles. The molecule has 0 bridgehead atoms. The fourth-order valence-corrected chi connectivity index (χ4v) is 3.43. The zero-order valence-electron chi connectivity index (χ0n) is 14.5. The monoisotopic (exact) mass is 316 g/mol. The second kappa shape index (κ2) is 6.91. The largest absolute Gasteiger partial charge is 0.419 e. The molecule has 0 N–H and O–H groups in total. The smallest absolute Gasteiger partial charge is 0.408 e. The number of fused-ring (bicyclic) bond motifs is 1. The Morgan fingerprint density at radius 3 is 2.74 bits per heavy atom. The van der Waals surface area contributed by atoms with Gasteiger partial charge in [-0.15, -0.1) is 0 Å². The minimum atomic E-state index is -0.237. The summed E-state index contributed by atoms with van der Waals surface area (Å²) in [5.74, 6) is 0.479. The summed E-state index contributed by atoms with van der Waals surface area (Å²) in [5, 5.41) is 0. The van der Waals surface area contributed by atoms with E-state index < -0.39 is 0 Å². The van der Waals surface area contributed by atoms with Gasteiger partial charge in [0.2, 0.25) is 0 Å². The summed E-state index contributed by atoms with van der Waals surface area (Å²) in [6.45, 7) is 8.75. The molecule has 1 aliphatic rings. The van der Waals surface area contributed by atoms with Gasteiger partial charge in [-0.25, -0.2) is 4.79 Å². The van der Waals surface area contributed by atoms with Crippen LogP contribution in [0.3, 0.4) is 0 Å². The molecule has 3 rings (SSSR count). The maximum absolute atomic E-state index is 12.0. The molecule has 2 atom stereocenters. The first-order chi connectivity index (χ1) is 11.1. The van der Waals surface area contributed by atoms with E-state index in [9.17, 15) is 4.79 Å². The van der Waals surface area contributed by atoms with Gasteiger partial charge in [0.15, 0.2) is 5.58 Å². The second-order valence-corrected chi connectivity index (χ2v) is 6.94. The molecule has 1 aliphatic carbocycles. The number of nitrogens with zero attached hydrogens (tertiary/aromatic N) is 2. The fourth-order valence-electron chi connectivity index (χ4n) is 3.43. The Morgan fingerprint density at radius 1 is 1.30 bits per heavy atom. The van der Waals surface area contributed by atoms with E-state index in [0.29, 0.717) is 17.5 Å². The van der Waals surface area contributed by atoms with Crippen molar-refractivity contribution in [3.05, 3.63) is 34.8 Å². The normalized spacial score (nSPS) is 17.7. The summed E-state index contributed by atoms with van der Waals surface area (Å²) < 4.78 is 7.09. The highest BCUT2D eigenvalue weighted by molar-refractivity contribution is 5.72. The molecule has 0 aliphatic heterocycles. The van der Waals surface area contributed by atoms with Gasteiger partial charge in [0.25, 0.3) is 0 Å². The molecule has 0 saturated heterocycles. The van der Waals surface area contributed by atoms with Crippen LogP contribution in [0.4, 0.5) is 0 Å². The molecule has 2 unspecified atom stereocenters. The Labute approximate surface area is 138 Å². The van der Waals surface area contributed by atoms with Crippen LogP contribution in [-0.4, -0.2) is 28.1 Å². The Hall–Kier alpha value is -1.55. The highest BCUT2D eigenvalue weighted by Gasteiger charge is 2.33. The van der Waals surface area contributed by atoms with E-state index >= 15 is 0 Å². The number of oxazole rings is 1. The maximum atomic E-state index is 12.0. The van der Waals surface area contributed by atoms with Crippen molar-refractivity contribution in [1.82, 2.24) is 9.47 Å². The first-order valence-corrected chi connectivity index (χ1v) is 8.96. The molecule has 0 amide bonds. The minimum Gasteiger partial charge on any atom is -0.408 e. The van der Waals surface area contributed by atoms with E-state index in [1.54, 1.807) is 4.57 Å². The van der Waals surface area contributed by atoms with Crippen LogP contribution in [0.1, 0.15) is 46.5 Å². The number of benzene rings is 1. The second-order valence-electron chi connectivity index (χ2n) is 6.94. The SMILES string of the molecule is CCC(C)C(C)N(CCCn1c(=O)oc2ccccc21)C1CC1. The Morgan fingerprint density at radius 2 is 2.04 bits per heavy atom. The average molecular weight is 316 g/mol. The van der Waals surface area contributed by atoms with Crippen molar-refractivity contribution in [2.75, 3.05) is 6.54 Å². The first-order valence-electron chi connectivity index (χ1n) is 8.96. The van der Waals surface area contributed by atoms with Crippen LogP contribution in [0.5, 0.6) is 0 Å². The summed E-state index contributed by atoms with van der Waals surface area (Å²) in [5.41, 5.74) is 1.59. The van der Waals surface area contributed by atoms with Crippen molar-refractivity contribution in [2.45, 2.75) is 65.1 Å². The summed E-state index contributed by atoms with van der Waals surface area (Å²) in [7, 11) is 0. The third-order valence-corrected chi connectivity index (χ3v) is 5.38. The van der Waals surface area contributed by atoms with Crippen LogP contribution in [0.25, 0.3) is 11.1 Å². The van der Waals surface area contributed by atoms with Crippen LogP contribution in [0.2, 0.25) is 0 Å². The molecule has 2 aromatic rings. The molecule has 4 nitrogen and oxygen atoms in total. The van der Waals surface area contributed by atoms with Crippen molar-refractivity contribution in [2.24, 2.45) is 5.92 Å². The zero-order valence-corrected chi connectivity index (χ0v) is 14.5. The quantitative estimate of drug-likeness (QED) is 0.742. The van der Waals surface area contributed by atoms with Crippen molar-refractivity contribution < 1.29 is 4.42 Å². The predicted octanol–water partition coefficient (Wildman–Crippen LogP) is 3.88.